The second-order valence-electron chi connectivity index (χ2n) is 6.26. The van der Waals surface area contributed by atoms with Gasteiger partial charge in [-0.2, -0.15) is 0 Å². The van der Waals surface area contributed by atoms with Crippen LogP contribution in [0.3, 0.4) is 0 Å². The average Bonchev–Trinajstić information content (AvgIpc) is 2.46. The summed E-state index contributed by atoms with van der Waals surface area (Å²) in [5, 5.41) is 10.1. The number of hydrogen-bond donors (Lipinski definition) is 1. The van der Waals surface area contributed by atoms with Crippen molar-refractivity contribution in [3.8, 4) is 5.75 Å². The first-order valence-electron chi connectivity index (χ1n) is 7.90. The highest BCUT2D eigenvalue weighted by Gasteiger charge is 2.20. The third-order valence-corrected chi connectivity index (χ3v) is 4.15. The standard InChI is InChI=1S/C17H23F2NO3/c1-11-3-5-20(6-4-11)9-14(22)10-23-16-8-13(18)7-15(19)17(16)12(2)21/h7-8,11,14,22H,3-6,9-10H2,1-2H3. The number of benzene rings is 1. The van der Waals surface area contributed by atoms with Crippen molar-refractivity contribution in [3.05, 3.63) is 29.3 Å². The number of carbonyl (C=O) groups is 1. The molecular weight excluding hydrogens is 304 g/mol. The van der Waals surface area contributed by atoms with Crippen LogP contribution in [0.5, 0.6) is 5.75 Å². The van der Waals surface area contributed by atoms with Gasteiger partial charge in [-0.1, -0.05) is 6.92 Å². The van der Waals surface area contributed by atoms with Gasteiger partial charge in [0.2, 0.25) is 0 Å². The molecule has 128 valence electrons. The molecule has 0 bridgehead atoms. The van der Waals surface area contributed by atoms with Crippen molar-refractivity contribution in [2.24, 2.45) is 5.92 Å². The number of aliphatic hydroxyl groups is 1. The number of ketones is 1. The fourth-order valence-electron chi connectivity index (χ4n) is 2.79. The first-order valence-corrected chi connectivity index (χ1v) is 7.90. The van der Waals surface area contributed by atoms with Crippen molar-refractivity contribution >= 4 is 5.78 Å². The lowest BCUT2D eigenvalue weighted by atomic mass is 9.99. The summed E-state index contributed by atoms with van der Waals surface area (Å²) in [7, 11) is 0. The van der Waals surface area contributed by atoms with E-state index in [-0.39, 0.29) is 17.9 Å². The molecule has 1 fully saturated rings. The van der Waals surface area contributed by atoms with Gasteiger partial charge in [-0.05, 0) is 38.8 Å². The predicted octanol–water partition coefficient (Wildman–Crippen LogP) is 2.64. The smallest absolute Gasteiger partial charge is 0.166 e. The van der Waals surface area contributed by atoms with Gasteiger partial charge in [0, 0.05) is 18.7 Å². The van der Waals surface area contributed by atoms with Crippen molar-refractivity contribution in [2.75, 3.05) is 26.2 Å². The van der Waals surface area contributed by atoms with E-state index in [2.05, 4.69) is 11.8 Å². The number of carbonyl (C=O) groups excluding carboxylic acids is 1. The van der Waals surface area contributed by atoms with Crippen molar-refractivity contribution < 1.29 is 23.4 Å². The first kappa shape index (κ1) is 17.8. The largest absolute Gasteiger partial charge is 0.490 e. The van der Waals surface area contributed by atoms with Gasteiger partial charge < -0.3 is 14.7 Å². The van der Waals surface area contributed by atoms with E-state index in [4.69, 9.17) is 4.74 Å². The molecule has 0 radical (unpaired) electrons. The molecule has 0 spiro atoms. The maximum Gasteiger partial charge on any atom is 0.166 e. The summed E-state index contributed by atoms with van der Waals surface area (Å²) in [6.45, 7) is 5.57. The number of ether oxygens (including phenoxy) is 1. The Balaban J connectivity index is 1.93. The van der Waals surface area contributed by atoms with Gasteiger partial charge in [0.25, 0.3) is 0 Å². The van der Waals surface area contributed by atoms with E-state index in [1.807, 2.05) is 0 Å². The van der Waals surface area contributed by atoms with Crippen molar-refractivity contribution in [1.82, 2.24) is 4.90 Å². The Morgan fingerprint density at radius 2 is 2.04 bits per heavy atom. The Morgan fingerprint density at radius 3 is 2.65 bits per heavy atom. The van der Waals surface area contributed by atoms with Gasteiger partial charge in [-0.15, -0.1) is 0 Å². The molecular formula is C17H23F2NO3. The molecule has 0 amide bonds. The fourth-order valence-corrected chi connectivity index (χ4v) is 2.79. The quantitative estimate of drug-likeness (QED) is 0.816. The van der Waals surface area contributed by atoms with Gasteiger partial charge in [0.05, 0.1) is 5.56 Å². The van der Waals surface area contributed by atoms with E-state index in [9.17, 15) is 18.7 Å². The van der Waals surface area contributed by atoms with E-state index < -0.39 is 23.5 Å². The summed E-state index contributed by atoms with van der Waals surface area (Å²) < 4.78 is 32.3. The molecule has 2 rings (SSSR count). The van der Waals surface area contributed by atoms with Gasteiger partial charge in [0.1, 0.15) is 30.1 Å². The molecule has 23 heavy (non-hydrogen) atoms. The minimum atomic E-state index is -0.952. The summed E-state index contributed by atoms with van der Waals surface area (Å²) in [6, 6.07) is 1.62. The Morgan fingerprint density at radius 1 is 1.39 bits per heavy atom. The summed E-state index contributed by atoms with van der Waals surface area (Å²) in [5.74, 6) is -1.78. The fraction of sp³-hybridized carbons (Fsp3) is 0.588. The predicted molar refractivity (Wildman–Crippen MR) is 82.7 cm³/mol. The molecule has 1 atom stereocenters. The molecule has 0 saturated carbocycles. The van der Waals surface area contributed by atoms with Gasteiger partial charge in [-0.25, -0.2) is 8.78 Å². The van der Waals surface area contributed by atoms with Crippen LogP contribution in [0.1, 0.15) is 37.0 Å². The number of hydrogen-bond acceptors (Lipinski definition) is 4. The molecule has 0 aromatic heterocycles. The van der Waals surface area contributed by atoms with E-state index in [1.165, 1.54) is 6.92 Å². The van der Waals surface area contributed by atoms with Crippen LogP contribution in [-0.4, -0.2) is 48.1 Å². The Bertz CT molecular complexity index is 557. The van der Waals surface area contributed by atoms with Crippen molar-refractivity contribution in [1.29, 1.82) is 0 Å². The van der Waals surface area contributed by atoms with E-state index in [0.29, 0.717) is 18.5 Å². The first-order chi connectivity index (χ1) is 10.9. The molecule has 1 aliphatic rings. The average molecular weight is 327 g/mol. The van der Waals surface area contributed by atoms with Crippen LogP contribution in [0.15, 0.2) is 12.1 Å². The second kappa shape index (κ2) is 7.84. The lowest BCUT2D eigenvalue weighted by Gasteiger charge is -2.31. The van der Waals surface area contributed by atoms with Crippen LogP contribution in [0.2, 0.25) is 0 Å². The Hall–Kier alpha value is -1.53. The normalized spacial score (nSPS) is 18.0. The maximum absolute atomic E-state index is 13.7. The molecule has 1 saturated heterocycles. The highest BCUT2D eigenvalue weighted by molar-refractivity contribution is 5.97. The van der Waals surface area contributed by atoms with Gasteiger partial charge in [-0.3, -0.25) is 4.79 Å². The minimum Gasteiger partial charge on any atom is -0.490 e. The third-order valence-electron chi connectivity index (χ3n) is 4.15. The van der Waals surface area contributed by atoms with Crippen LogP contribution in [0.4, 0.5) is 8.78 Å². The van der Waals surface area contributed by atoms with E-state index in [0.717, 1.165) is 32.0 Å². The molecule has 1 heterocycles. The zero-order valence-electron chi connectivity index (χ0n) is 13.5. The molecule has 0 aliphatic carbocycles. The number of rotatable bonds is 6. The maximum atomic E-state index is 13.7. The zero-order chi connectivity index (χ0) is 17.0. The topological polar surface area (TPSA) is 49.8 Å². The second-order valence-corrected chi connectivity index (χ2v) is 6.26. The third kappa shape index (κ3) is 4.97. The number of β-amino-alcohol motifs (C(OH)–C–C–N with tert-alkyl or cyclic N) is 1. The van der Waals surface area contributed by atoms with Crippen molar-refractivity contribution in [3.63, 3.8) is 0 Å². The number of halogens is 2. The Labute approximate surface area is 135 Å². The summed E-state index contributed by atoms with van der Waals surface area (Å²) in [5.41, 5.74) is -0.287. The molecule has 1 aliphatic heterocycles. The lowest BCUT2D eigenvalue weighted by Crippen LogP contribution is -2.40. The Kier molecular flexibility index (Phi) is 6.07. The van der Waals surface area contributed by atoms with E-state index >= 15 is 0 Å². The molecule has 1 aromatic carbocycles. The van der Waals surface area contributed by atoms with E-state index in [1.54, 1.807) is 0 Å². The summed E-state index contributed by atoms with van der Waals surface area (Å²) in [6.07, 6.45) is 1.41. The van der Waals surface area contributed by atoms with Crippen LogP contribution in [0.25, 0.3) is 0 Å². The van der Waals surface area contributed by atoms with Gasteiger partial charge in [0.15, 0.2) is 5.78 Å². The lowest BCUT2D eigenvalue weighted by molar-refractivity contribution is 0.0556. The molecule has 6 heteroatoms. The molecule has 1 aromatic rings. The van der Waals surface area contributed by atoms with Gasteiger partial charge >= 0.3 is 0 Å². The number of likely N-dealkylation sites (tertiary alicyclic amines) is 1. The van der Waals surface area contributed by atoms with Crippen molar-refractivity contribution in [2.45, 2.75) is 32.8 Å². The minimum absolute atomic E-state index is 0.116. The zero-order valence-corrected chi connectivity index (χ0v) is 13.5. The highest BCUT2D eigenvalue weighted by Crippen LogP contribution is 2.24. The number of piperidine rings is 1. The molecule has 4 nitrogen and oxygen atoms in total. The van der Waals surface area contributed by atoms with Crippen LogP contribution >= 0.6 is 0 Å². The summed E-state index contributed by atoms with van der Waals surface area (Å²) >= 11 is 0. The number of aliphatic hydroxyl groups excluding tert-OH is 1. The van der Waals surface area contributed by atoms with Crippen LogP contribution in [-0.2, 0) is 0 Å². The van der Waals surface area contributed by atoms with Crippen LogP contribution < -0.4 is 4.74 Å². The number of nitrogens with zero attached hydrogens (tertiary/aromatic N) is 1. The molecule has 1 unspecified atom stereocenters. The summed E-state index contributed by atoms with van der Waals surface area (Å²) in [4.78, 5) is 13.6. The highest BCUT2D eigenvalue weighted by atomic mass is 19.1. The monoisotopic (exact) mass is 327 g/mol. The number of Topliss-reactive ketones (excluding diaryl/α,β-unsaturated/α-hetero) is 1. The SMILES string of the molecule is CC(=O)c1c(F)cc(F)cc1OCC(O)CN1CCC(C)CC1. The molecule has 1 N–H and O–H groups in total. The van der Waals surface area contributed by atoms with Crippen LogP contribution in [0, 0.1) is 17.6 Å².